The molecule has 0 radical (unpaired) electrons. The van der Waals surface area contributed by atoms with Crippen LogP contribution >= 0.6 is 0 Å². The van der Waals surface area contributed by atoms with E-state index in [4.69, 9.17) is 0 Å². The Kier molecular flexibility index (Phi) is 6.41. The minimum absolute atomic E-state index is 0.127. The second kappa shape index (κ2) is 9.15. The van der Waals surface area contributed by atoms with Crippen LogP contribution in [0.3, 0.4) is 0 Å². The van der Waals surface area contributed by atoms with E-state index in [1.807, 2.05) is 51.1 Å². The van der Waals surface area contributed by atoms with Gasteiger partial charge in [0, 0.05) is 23.0 Å². The molecule has 0 bridgehead atoms. The second-order valence-corrected chi connectivity index (χ2v) is 9.31. The fourth-order valence-electron chi connectivity index (χ4n) is 4.89. The molecule has 0 unspecified atom stereocenters. The summed E-state index contributed by atoms with van der Waals surface area (Å²) in [6.07, 6.45) is 0.391. The summed E-state index contributed by atoms with van der Waals surface area (Å²) >= 11 is 0. The number of hydrogen-bond donors (Lipinski definition) is 1. The van der Waals surface area contributed by atoms with Gasteiger partial charge in [0.05, 0.1) is 36.0 Å². The number of nitrogens with zero attached hydrogens (tertiary/aromatic N) is 5. The van der Waals surface area contributed by atoms with E-state index in [1.165, 1.54) is 0 Å². The van der Waals surface area contributed by atoms with Gasteiger partial charge < -0.3 is 15.1 Å². The van der Waals surface area contributed by atoms with Gasteiger partial charge in [0.25, 0.3) is 5.92 Å². The first-order chi connectivity index (χ1) is 16.1. The average molecular weight is 465 g/mol. The summed E-state index contributed by atoms with van der Waals surface area (Å²) in [6, 6.07) is 12.7. The maximum Gasteiger partial charge on any atom is 0.280 e. The van der Waals surface area contributed by atoms with Crippen molar-refractivity contribution in [1.82, 2.24) is 15.1 Å². The van der Waals surface area contributed by atoms with Gasteiger partial charge in [-0.25, -0.2) is 8.78 Å². The molecule has 0 amide bonds. The van der Waals surface area contributed by atoms with Crippen LogP contribution in [0.5, 0.6) is 0 Å². The van der Waals surface area contributed by atoms with Crippen LogP contribution < -0.4 is 10.2 Å². The highest BCUT2D eigenvalue weighted by atomic mass is 19.3. The first-order valence-electron chi connectivity index (χ1n) is 11.4. The van der Waals surface area contributed by atoms with Crippen molar-refractivity contribution in [2.45, 2.75) is 45.2 Å². The standard InChI is InChI=1S/C26H30F2N6/c1-16-19(14-29)7-6-8-21(16)17(2)30-25-23-13-20(9-10-22(23)18(3)31-32-25)34-12-11-24(33(4)5)26(27,28)15-34/h6-10,13,17,24H,11-12,15H2,1-5H3,(H,30,32)/t17-,24-/m1/s1. The Morgan fingerprint density at radius 2 is 1.94 bits per heavy atom. The lowest BCUT2D eigenvalue weighted by Crippen LogP contribution is -2.56. The molecule has 1 aromatic heterocycles. The number of alkyl halides is 2. The molecule has 1 aliphatic rings. The molecule has 1 aliphatic heterocycles. The topological polar surface area (TPSA) is 68.1 Å². The summed E-state index contributed by atoms with van der Waals surface area (Å²) in [5.41, 5.74) is 4.07. The molecule has 1 fully saturated rings. The minimum Gasteiger partial charge on any atom is -0.365 e. The molecule has 0 saturated carbocycles. The Labute approximate surface area is 199 Å². The lowest BCUT2D eigenvalue weighted by Gasteiger charge is -2.42. The monoisotopic (exact) mass is 464 g/mol. The third-order valence-electron chi connectivity index (χ3n) is 6.81. The van der Waals surface area contributed by atoms with Gasteiger partial charge in [-0.15, -0.1) is 5.10 Å². The van der Waals surface area contributed by atoms with Gasteiger partial charge in [-0.05, 0) is 70.6 Å². The lowest BCUT2D eigenvalue weighted by molar-refractivity contribution is -0.0751. The quantitative estimate of drug-likeness (QED) is 0.569. The Balaban J connectivity index is 1.68. The summed E-state index contributed by atoms with van der Waals surface area (Å²) in [6.45, 7) is 6.06. The Bertz CT molecular complexity index is 1250. The van der Waals surface area contributed by atoms with Crippen molar-refractivity contribution in [3.63, 3.8) is 0 Å². The van der Waals surface area contributed by atoms with Crippen LogP contribution in [0, 0.1) is 25.2 Å². The van der Waals surface area contributed by atoms with Crippen molar-refractivity contribution in [3.8, 4) is 6.07 Å². The van der Waals surface area contributed by atoms with E-state index in [1.54, 1.807) is 30.0 Å². The van der Waals surface area contributed by atoms with Crippen molar-refractivity contribution in [2.75, 3.05) is 37.4 Å². The van der Waals surface area contributed by atoms with Crippen LogP contribution in [0.2, 0.25) is 0 Å². The summed E-state index contributed by atoms with van der Waals surface area (Å²) in [4.78, 5) is 3.37. The zero-order valence-corrected chi connectivity index (χ0v) is 20.2. The van der Waals surface area contributed by atoms with Gasteiger partial charge in [-0.2, -0.15) is 10.4 Å². The SMILES string of the molecule is Cc1c(C#N)cccc1[C@@H](C)Nc1nnc(C)c2ccc(N3CC[C@@H](N(C)C)C(F)(F)C3)cc12. The molecular weight excluding hydrogens is 434 g/mol. The molecular formula is C26H30F2N6. The predicted molar refractivity (Wildman–Crippen MR) is 131 cm³/mol. The summed E-state index contributed by atoms with van der Waals surface area (Å²) in [7, 11) is 3.41. The molecule has 1 saturated heterocycles. The van der Waals surface area contributed by atoms with E-state index in [-0.39, 0.29) is 12.6 Å². The van der Waals surface area contributed by atoms with Crippen LogP contribution in [0.1, 0.15) is 41.8 Å². The van der Waals surface area contributed by atoms with Gasteiger partial charge in [0.1, 0.15) is 0 Å². The summed E-state index contributed by atoms with van der Waals surface area (Å²) in [5.74, 6) is -2.21. The molecule has 1 N–H and O–H groups in total. The van der Waals surface area contributed by atoms with Crippen molar-refractivity contribution in [3.05, 3.63) is 58.8 Å². The van der Waals surface area contributed by atoms with Crippen molar-refractivity contribution in [2.24, 2.45) is 0 Å². The lowest BCUT2D eigenvalue weighted by atomic mass is 9.97. The van der Waals surface area contributed by atoms with E-state index >= 15 is 0 Å². The number of halogens is 2. The number of hydrogen-bond acceptors (Lipinski definition) is 6. The highest BCUT2D eigenvalue weighted by Crippen LogP contribution is 2.35. The molecule has 4 rings (SSSR count). The first-order valence-corrected chi connectivity index (χ1v) is 11.4. The van der Waals surface area contributed by atoms with Gasteiger partial charge in [-0.1, -0.05) is 18.2 Å². The Hall–Kier alpha value is -3.31. The van der Waals surface area contributed by atoms with Crippen LogP contribution in [0.4, 0.5) is 20.3 Å². The molecule has 178 valence electrons. The van der Waals surface area contributed by atoms with Crippen molar-refractivity contribution < 1.29 is 8.78 Å². The fraction of sp³-hybridized carbons (Fsp3) is 0.423. The van der Waals surface area contributed by atoms with E-state index in [0.29, 0.717) is 24.3 Å². The molecule has 2 heterocycles. The molecule has 8 heteroatoms. The molecule has 3 aromatic rings. The molecule has 2 atom stereocenters. The van der Waals surface area contributed by atoms with Gasteiger partial charge >= 0.3 is 0 Å². The number of nitriles is 1. The van der Waals surface area contributed by atoms with E-state index in [9.17, 15) is 14.0 Å². The maximum atomic E-state index is 14.8. The summed E-state index contributed by atoms with van der Waals surface area (Å²) < 4.78 is 29.7. The third-order valence-corrected chi connectivity index (χ3v) is 6.81. The molecule has 0 aliphatic carbocycles. The number of aromatic nitrogens is 2. The van der Waals surface area contributed by atoms with Crippen LogP contribution in [-0.4, -0.2) is 54.2 Å². The summed E-state index contributed by atoms with van der Waals surface area (Å²) in [5, 5.41) is 23.3. The van der Waals surface area contributed by atoms with Crippen LogP contribution in [-0.2, 0) is 0 Å². The zero-order valence-electron chi connectivity index (χ0n) is 20.2. The predicted octanol–water partition coefficient (Wildman–Crippen LogP) is 5.07. The van der Waals surface area contributed by atoms with E-state index < -0.39 is 12.0 Å². The van der Waals surface area contributed by atoms with Gasteiger partial charge in [0.15, 0.2) is 5.82 Å². The molecule has 34 heavy (non-hydrogen) atoms. The van der Waals surface area contributed by atoms with Crippen LogP contribution in [0.15, 0.2) is 36.4 Å². The first kappa shape index (κ1) is 23.8. The van der Waals surface area contributed by atoms with Gasteiger partial charge in [0.2, 0.25) is 0 Å². The van der Waals surface area contributed by atoms with Crippen molar-refractivity contribution in [1.29, 1.82) is 5.26 Å². The number of fused-ring (bicyclic) bond motifs is 1. The number of rotatable bonds is 5. The van der Waals surface area contributed by atoms with Gasteiger partial charge in [-0.3, -0.25) is 0 Å². The molecule has 2 aromatic carbocycles. The van der Waals surface area contributed by atoms with E-state index in [0.717, 1.165) is 33.3 Å². The number of benzene rings is 2. The van der Waals surface area contributed by atoms with Crippen LogP contribution in [0.25, 0.3) is 10.8 Å². The number of nitrogens with one attached hydrogen (secondary N) is 1. The highest BCUT2D eigenvalue weighted by Gasteiger charge is 2.45. The largest absolute Gasteiger partial charge is 0.365 e. The zero-order chi connectivity index (χ0) is 24.6. The maximum absolute atomic E-state index is 14.8. The number of piperidine rings is 1. The third kappa shape index (κ3) is 4.40. The minimum atomic E-state index is -2.80. The molecule has 6 nitrogen and oxygen atoms in total. The van der Waals surface area contributed by atoms with E-state index in [2.05, 4.69) is 21.6 Å². The normalized spacial score (nSPS) is 18.7. The number of anilines is 2. The van der Waals surface area contributed by atoms with Crippen molar-refractivity contribution >= 4 is 22.3 Å². The smallest absolute Gasteiger partial charge is 0.280 e. The molecule has 0 spiro atoms. The highest BCUT2D eigenvalue weighted by molar-refractivity contribution is 5.95. The average Bonchev–Trinajstić information content (AvgIpc) is 2.79. The second-order valence-electron chi connectivity index (χ2n) is 9.31. The number of aryl methyl sites for hydroxylation is 1. The Morgan fingerprint density at radius 1 is 1.18 bits per heavy atom. The fourth-order valence-corrected chi connectivity index (χ4v) is 4.89. The Morgan fingerprint density at radius 3 is 2.62 bits per heavy atom.